The molecular formula is C23H29N3O4. The molecule has 1 aromatic heterocycles. The van der Waals surface area contributed by atoms with Gasteiger partial charge in [-0.25, -0.2) is 0 Å². The van der Waals surface area contributed by atoms with Gasteiger partial charge in [0.15, 0.2) is 17.1 Å². The molecule has 4 heterocycles. The van der Waals surface area contributed by atoms with Crippen LogP contribution in [-0.4, -0.2) is 78.4 Å². The number of fused-ring (bicyclic) bond motifs is 1. The number of rotatable bonds is 4. The van der Waals surface area contributed by atoms with Gasteiger partial charge in [0.1, 0.15) is 0 Å². The second-order valence-electron chi connectivity index (χ2n) is 8.80. The van der Waals surface area contributed by atoms with Crippen molar-refractivity contribution in [3.8, 4) is 5.75 Å². The normalized spacial score (nSPS) is 24.4. The minimum absolute atomic E-state index is 0.0625. The summed E-state index contributed by atoms with van der Waals surface area (Å²) >= 11 is 0. The topological polar surface area (TPSA) is 66.2 Å². The zero-order chi connectivity index (χ0) is 20.7. The van der Waals surface area contributed by atoms with Crippen molar-refractivity contribution in [3.05, 3.63) is 30.0 Å². The van der Waals surface area contributed by atoms with Crippen molar-refractivity contribution in [2.45, 2.75) is 37.6 Å². The molecule has 3 aliphatic rings. The van der Waals surface area contributed by atoms with E-state index in [2.05, 4.69) is 4.90 Å². The Bertz CT molecular complexity index is 965. The first-order valence-corrected chi connectivity index (χ1v) is 11.0. The Labute approximate surface area is 176 Å². The monoisotopic (exact) mass is 411 g/mol. The fourth-order valence-corrected chi connectivity index (χ4v) is 5.27. The average molecular weight is 412 g/mol. The van der Waals surface area contributed by atoms with E-state index in [1.807, 2.05) is 28.0 Å². The average Bonchev–Trinajstić information content (AvgIpc) is 3.46. The van der Waals surface area contributed by atoms with Crippen molar-refractivity contribution in [1.82, 2.24) is 14.7 Å². The summed E-state index contributed by atoms with van der Waals surface area (Å²) in [6.07, 6.45) is 5.25. The van der Waals surface area contributed by atoms with Crippen LogP contribution in [0.15, 0.2) is 28.7 Å². The van der Waals surface area contributed by atoms with Crippen molar-refractivity contribution < 1.29 is 18.7 Å². The molecule has 0 unspecified atom stereocenters. The molecule has 1 aromatic carbocycles. The highest BCUT2D eigenvalue weighted by molar-refractivity contribution is 5.97. The van der Waals surface area contributed by atoms with Gasteiger partial charge in [0, 0.05) is 43.6 Å². The first-order valence-electron chi connectivity index (χ1n) is 11.0. The number of amides is 2. The largest absolute Gasteiger partial charge is 0.493 e. The summed E-state index contributed by atoms with van der Waals surface area (Å²) in [7, 11) is 1.60. The van der Waals surface area contributed by atoms with E-state index in [0.29, 0.717) is 30.2 Å². The third kappa shape index (κ3) is 3.25. The highest BCUT2D eigenvalue weighted by Crippen LogP contribution is 2.39. The summed E-state index contributed by atoms with van der Waals surface area (Å²) in [5, 5.41) is 0.867. The minimum atomic E-state index is -0.0787. The maximum Gasteiger partial charge on any atom is 0.289 e. The Kier molecular flexibility index (Phi) is 4.93. The van der Waals surface area contributed by atoms with Gasteiger partial charge in [-0.3, -0.25) is 14.5 Å². The van der Waals surface area contributed by atoms with Crippen LogP contribution in [0.2, 0.25) is 0 Å². The molecule has 7 heteroatoms. The Morgan fingerprint density at radius 1 is 1.07 bits per heavy atom. The molecule has 1 spiro atoms. The lowest BCUT2D eigenvalue weighted by Gasteiger charge is -2.57. The number of hydrogen-bond acceptors (Lipinski definition) is 5. The molecule has 2 aromatic rings. The number of methoxy groups -OCH3 is 1. The van der Waals surface area contributed by atoms with Crippen LogP contribution in [0.5, 0.6) is 5.75 Å². The number of furan rings is 1. The summed E-state index contributed by atoms with van der Waals surface area (Å²) < 4.78 is 11.3. The van der Waals surface area contributed by atoms with Gasteiger partial charge >= 0.3 is 0 Å². The van der Waals surface area contributed by atoms with Crippen molar-refractivity contribution in [2.24, 2.45) is 0 Å². The first kappa shape index (κ1) is 19.4. The number of carbonyl (C=O) groups is 2. The van der Waals surface area contributed by atoms with Crippen LogP contribution in [0.1, 0.15) is 42.7 Å². The lowest BCUT2D eigenvalue weighted by atomic mass is 9.77. The third-order valence-corrected chi connectivity index (χ3v) is 7.08. The highest BCUT2D eigenvalue weighted by Gasteiger charge is 2.49. The van der Waals surface area contributed by atoms with E-state index < -0.39 is 0 Å². The van der Waals surface area contributed by atoms with Gasteiger partial charge in [0.05, 0.1) is 13.7 Å². The second kappa shape index (κ2) is 7.61. The molecule has 0 saturated carbocycles. The van der Waals surface area contributed by atoms with Gasteiger partial charge in [0.25, 0.3) is 5.91 Å². The number of nitrogens with zero attached hydrogens (tertiary/aromatic N) is 3. The van der Waals surface area contributed by atoms with Crippen LogP contribution < -0.4 is 4.74 Å². The van der Waals surface area contributed by atoms with E-state index in [-0.39, 0.29) is 17.4 Å². The van der Waals surface area contributed by atoms with Gasteiger partial charge in [-0.1, -0.05) is 12.1 Å². The van der Waals surface area contributed by atoms with E-state index in [1.54, 1.807) is 13.2 Å². The predicted molar refractivity (Wildman–Crippen MR) is 113 cm³/mol. The zero-order valence-corrected chi connectivity index (χ0v) is 17.6. The molecule has 0 bridgehead atoms. The van der Waals surface area contributed by atoms with E-state index >= 15 is 0 Å². The molecular weight excluding hydrogens is 382 g/mol. The third-order valence-electron chi connectivity index (χ3n) is 7.08. The van der Waals surface area contributed by atoms with E-state index in [9.17, 15) is 9.59 Å². The van der Waals surface area contributed by atoms with Crippen LogP contribution in [0.25, 0.3) is 11.0 Å². The number of carbonyl (C=O) groups excluding carboxylic acids is 2. The van der Waals surface area contributed by atoms with Crippen LogP contribution in [-0.2, 0) is 4.79 Å². The molecule has 2 amide bonds. The predicted octanol–water partition coefficient (Wildman–Crippen LogP) is 2.74. The van der Waals surface area contributed by atoms with E-state index in [0.717, 1.165) is 63.7 Å². The van der Waals surface area contributed by atoms with Gasteiger partial charge < -0.3 is 19.0 Å². The van der Waals surface area contributed by atoms with Crippen molar-refractivity contribution in [3.63, 3.8) is 0 Å². The van der Waals surface area contributed by atoms with Crippen molar-refractivity contribution in [2.75, 3.05) is 46.4 Å². The Hall–Kier alpha value is -2.54. The van der Waals surface area contributed by atoms with Gasteiger partial charge in [-0.15, -0.1) is 0 Å². The maximum atomic E-state index is 13.2. The summed E-state index contributed by atoms with van der Waals surface area (Å²) in [6.45, 7) is 4.57. The Morgan fingerprint density at radius 2 is 1.87 bits per heavy atom. The Balaban J connectivity index is 1.30. The lowest BCUT2D eigenvalue weighted by molar-refractivity contribution is -0.138. The molecule has 1 atom stereocenters. The summed E-state index contributed by atoms with van der Waals surface area (Å²) in [5.74, 6) is 1.14. The van der Waals surface area contributed by atoms with Gasteiger partial charge in [-0.2, -0.15) is 0 Å². The fraction of sp³-hybridized carbons (Fsp3) is 0.565. The quantitative estimate of drug-likeness (QED) is 0.774. The number of likely N-dealkylation sites (tertiary alicyclic amines) is 3. The molecule has 5 rings (SSSR count). The van der Waals surface area contributed by atoms with Crippen LogP contribution in [0, 0.1) is 0 Å². The maximum absolute atomic E-state index is 13.2. The van der Waals surface area contributed by atoms with E-state index in [1.165, 1.54) is 0 Å². The van der Waals surface area contributed by atoms with Crippen molar-refractivity contribution >= 4 is 22.8 Å². The molecule has 3 saturated heterocycles. The number of benzene rings is 1. The molecule has 7 nitrogen and oxygen atoms in total. The first-order chi connectivity index (χ1) is 14.6. The Morgan fingerprint density at radius 3 is 2.60 bits per heavy atom. The number of ether oxygens (including phenoxy) is 1. The zero-order valence-electron chi connectivity index (χ0n) is 17.6. The number of piperidine rings is 1. The molecule has 0 aliphatic carbocycles. The SMILES string of the molecule is COc1cccc2cc(C(=O)N3CCC[C@@]4(CCN4CC(=O)N4CCCC4)C3)oc12. The number of para-hydroxylation sites is 1. The second-order valence-corrected chi connectivity index (χ2v) is 8.80. The molecule has 3 aliphatic heterocycles. The fourth-order valence-electron chi connectivity index (χ4n) is 5.27. The standard InChI is InChI=1S/C23H29N3O4/c1-29-18-7-4-6-17-14-19(30-21(17)18)22(28)25-12-5-8-23(16-25)9-13-26(23)15-20(27)24-10-2-3-11-24/h4,6-7,14H,2-3,5,8-13,15-16H2,1H3/t23-/m1/s1. The minimum Gasteiger partial charge on any atom is -0.493 e. The molecule has 0 N–H and O–H groups in total. The summed E-state index contributed by atoms with van der Waals surface area (Å²) in [5.41, 5.74) is 0.545. The van der Waals surface area contributed by atoms with Crippen molar-refractivity contribution in [1.29, 1.82) is 0 Å². The number of hydrogen-bond donors (Lipinski definition) is 0. The van der Waals surface area contributed by atoms with Crippen LogP contribution in [0.3, 0.4) is 0 Å². The van der Waals surface area contributed by atoms with Gasteiger partial charge in [-0.05, 0) is 44.2 Å². The van der Waals surface area contributed by atoms with Gasteiger partial charge in [0.2, 0.25) is 5.91 Å². The molecule has 160 valence electrons. The molecule has 0 radical (unpaired) electrons. The van der Waals surface area contributed by atoms with E-state index in [4.69, 9.17) is 9.15 Å². The highest BCUT2D eigenvalue weighted by atomic mass is 16.5. The van der Waals surface area contributed by atoms with Crippen LogP contribution >= 0.6 is 0 Å². The molecule has 30 heavy (non-hydrogen) atoms. The smallest absolute Gasteiger partial charge is 0.289 e. The lowest BCUT2D eigenvalue weighted by Crippen LogP contribution is -2.68. The summed E-state index contributed by atoms with van der Waals surface area (Å²) in [6, 6.07) is 7.45. The van der Waals surface area contributed by atoms with Crippen LogP contribution in [0.4, 0.5) is 0 Å². The summed E-state index contributed by atoms with van der Waals surface area (Å²) in [4.78, 5) is 32.1. The molecule has 3 fully saturated rings.